The number of hydrogen-bond donors (Lipinski definition) is 1. The molecule has 2 aromatic heterocycles. The molecule has 0 radical (unpaired) electrons. The number of pyridine rings is 2. The van der Waals surface area contributed by atoms with Crippen molar-refractivity contribution in [3.63, 3.8) is 0 Å². The maximum Gasteiger partial charge on any atom is 0.303 e. The van der Waals surface area contributed by atoms with E-state index in [4.69, 9.17) is 4.74 Å². The third-order valence-corrected chi connectivity index (χ3v) is 7.66. The van der Waals surface area contributed by atoms with Crippen molar-refractivity contribution >= 4 is 34.4 Å². The number of halogens is 1. The number of carbonyl (C=O) groups is 2. The first-order valence-corrected chi connectivity index (χ1v) is 13.1. The number of hydrogen-bond acceptors (Lipinski definition) is 7. The highest BCUT2D eigenvalue weighted by atomic mass is 32.2. The Balaban J connectivity index is 1.35. The van der Waals surface area contributed by atoms with Crippen LogP contribution in [0.4, 0.5) is 4.39 Å². The minimum Gasteiger partial charge on any atom is -0.497 e. The van der Waals surface area contributed by atoms with Crippen molar-refractivity contribution < 1.29 is 23.8 Å². The van der Waals surface area contributed by atoms with Crippen LogP contribution < -0.4 is 4.74 Å². The van der Waals surface area contributed by atoms with Crippen LogP contribution in [0, 0.1) is 17.7 Å². The van der Waals surface area contributed by atoms with E-state index in [0.29, 0.717) is 35.7 Å². The molecule has 2 atom stereocenters. The van der Waals surface area contributed by atoms with Gasteiger partial charge in [0, 0.05) is 61.1 Å². The Hall–Kier alpha value is -3.04. The number of rotatable bonds is 11. The zero-order valence-electron chi connectivity index (χ0n) is 20.2. The van der Waals surface area contributed by atoms with Gasteiger partial charge in [-0.15, -0.1) is 11.8 Å². The Morgan fingerprint density at radius 2 is 2.00 bits per heavy atom. The van der Waals surface area contributed by atoms with Crippen molar-refractivity contribution in [1.29, 1.82) is 0 Å². The minimum absolute atomic E-state index is 0.0179. The predicted octanol–water partition coefficient (Wildman–Crippen LogP) is 4.95. The summed E-state index contributed by atoms with van der Waals surface area (Å²) >= 11 is 1.49. The molecule has 190 valence electrons. The molecule has 0 bridgehead atoms. The van der Waals surface area contributed by atoms with E-state index < -0.39 is 5.97 Å². The summed E-state index contributed by atoms with van der Waals surface area (Å²) in [7, 11) is 1.59. The van der Waals surface area contributed by atoms with Crippen LogP contribution in [-0.4, -0.2) is 64.2 Å². The van der Waals surface area contributed by atoms with Gasteiger partial charge in [0.05, 0.1) is 17.7 Å². The van der Waals surface area contributed by atoms with Gasteiger partial charge in [0.1, 0.15) is 11.6 Å². The lowest BCUT2D eigenvalue weighted by molar-refractivity contribution is -0.139. The van der Waals surface area contributed by atoms with Crippen LogP contribution in [0.5, 0.6) is 5.75 Å². The number of nitrogens with zero attached hydrogens (tertiary/aromatic N) is 3. The fraction of sp³-hybridized carbons (Fsp3) is 0.407. The summed E-state index contributed by atoms with van der Waals surface area (Å²) in [6.07, 6.45) is 5.05. The number of fused-ring (bicyclic) bond motifs is 1. The van der Waals surface area contributed by atoms with Crippen LogP contribution in [0.3, 0.4) is 0 Å². The van der Waals surface area contributed by atoms with Crippen LogP contribution >= 0.6 is 11.8 Å². The second kappa shape index (κ2) is 12.3. The fourth-order valence-electron chi connectivity index (χ4n) is 4.88. The zero-order chi connectivity index (χ0) is 25.5. The predicted molar refractivity (Wildman–Crippen MR) is 137 cm³/mol. The summed E-state index contributed by atoms with van der Waals surface area (Å²) < 4.78 is 18.7. The Kier molecular flexibility index (Phi) is 8.88. The number of aromatic nitrogens is 2. The van der Waals surface area contributed by atoms with Crippen molar-refractivity contribution in [1.82, 2.24) is 14.9 Å². The Labute approximate surface area is 214 Å². The molecule has 3 aromatic rings. The molecule has 1 fully saturated rings. The number of likely N-dealkylation sites (tertiary alicyclic amines) is 1. The maximum atomic E-state index is 13.4. The molecule has 1 saturated heterocycles. The molecule has 4 rings (SSSR count). The van der Waals surface area contributed by atoms with Gasteiger partial charge in [-0.25, -0.2) is 9.37 Å². The van der Waals surface area contributed by atoms with E-state index >= 15 is 0 Å². The lowest BCUT2D eigenvalue weighted by atomic mass is 9.79. The van der Waals surface area contributed by atoms with Crippen molar-refractivity contribution in [3.05, 3.63) is 60.2 Å². The van der Waals surface area contributed by atoms with Crippen LogP contribution in [0.15, 0.2) is 53.8 Å². The molecule has 3 heterocycles. The van der Waals surface area contributed by atoms with E-state index in [9.17, 15) is 19.1 Å². The van der Waals surface area contributed by atoms with E-state index in [1.165, 1.54) is 30.1 Å². The number of carboxylic acids is 1. The number of ether oxygens (including phenoxy) is 1. The number of carbonyl (C=O) groups excluding carboxylic acids is 1. The molecular formula is C27H30FN3O4S. The number of ketones is 1. The van der Waals surface area contributed by atoms with E-state index in [1.54, 1.807) is 19.4 Å². The van der Waals surface area contributed by atoms with Crippen LogP contribution in [0.2, 0.25) is 0 Å². The molecular weight excluding hydrogens is 481 g/mol. The van der Waals surface area contributed by atoms with E-state index in [-0.39, 0.29) is 29.9 Å². The van der Waals surface area contributed by atoms with Gasteiger partial charge in [0.15, 0.2) is 5.78 Å². The van der Waals surface area contributed by atoms with Gasteiger partial charge in [-0.3, -0.25) is 14.6 Å². The zero-order valence-corrected chi connectivity index (χ0v) is 21.0. The number of methoxy groups -OCH3 is 1. The van der Waals surface area contributed by atoms with Gasteiger partial charge < -0.3 is 14.7 Å². The number of Topliss-reactive ketones (excluding diaryl/α,β-unsaturated/α-hetero) is 1. The quantitative estimate of drug-likeness (QED) is 0.286. The number of piperidine rings is 1. The fourth-order valence-corrected chi connectivity index (χ4v) is 5.77. The first-order chi connectivity index (χ1) is 17.4. The smallest absolute Gasteiger partial charge is 0.303 e. The Morgan fingerprint density at radius 1 is 1.17 bits per heavy atom. The number of carboxylic acid groups (broad SMARTS) is 1. The van der Waals surface area contributed by atoms with Gasteiger partial charge in [-0.1, -0.05) is 0 Å². The van der Waals surface area contributed by atoms with Crippen molar-refractivity contribution in [2.75, 3.05) is 32.5 Å². The summed E-state index contributed by atoms with van der Waals surface area (Å²) in [6, 6.07) is 9.98. The van der Waals surface area contributed by atoms with Gasteiger partial charge in [-0.05, 0) is 61.6 Å². The summed E-state index contributed by atoms with van der Waals surface area (Å²) in [6.45, 7) is 2.30. The Morgan fingerprint density at radius 3 is 2.78 bits per heavy atom. The second-order valence-corrected chi connectivity index (χ2v) is 10.2. The van der Waals surface area contributed by atoms with Gasteiger partial charge in [-0.2, -0.15) is 0 Å². The van der Waals surface area contributed by atoms with Gasteiger partial charge >= 0.3 is 5.97 Å². The molecule has 0 amide bonds. The molecule has 36 heavy (non-hydrogen) atoms. The lowest BCUT2D eigenvalue weighted by Crippen LogP contribution is -2.42. The highest BCUT2D eigenvalue weighted by Gasteiger charge is 2.31. The standard InChI is InChI=1S/C27H30FN3O4S/c1-35-21-3-4-24-23(16-21)22(7-10-29-24)25(32)5-2-18-8-11-31(17-19(18)14-27(33)34)12-13-36-26-15-20(28)6-9-30-26/h3-4,6-7,9-10,15-16,18-19H,2,5,8,11-14,17H2,1H3,(H,33,34). The highest BCUT2D eigenvalue weighted by Crippen LogP contribution is 2.32. The summed E-state index contributed by atoms with van der Waals surface area (Å²) in [5.41, 5.74) is 1.36. The van der Waals surface area contributed by atoms with Gasteiger partial charge in [0.2, 0.25) is 0 Å². The number of aliphatic carboxylic acids is 1. The van der Waals surface area contributed by atoms with Crippen molar-refractivity contribution in [2.45, 2.75) is 30.7 Å². The average molecular weight is 512 g/mol. The molecule has 2 unspecified atom stereocenters. The largest absolute Gasteiger partial charge is 0.497 e. The van der Waals surface area contributed by atoms with Crippen LogP contribution in [0.1, 0.15) is 36.0 Å². The van der Waals surface area contributed by atoms with E-state index in [1.807, 2.05) is 18.2 Å². The van der Waals surface area contributed by atoms with E-state index in [2.05, 4.69) is 14.9 Å². The highest BCUT2D eigenvalue weighted by molar-refractivity contribution is 7.99. The molecule has 1 aliphatic rings. The number of benzene rings is 1. The summed E-state index contributed by atoms with van der Waals surface area (Å²) in [4.78, 5) is 35.5. The third-order valence-electron chi connectivity index (χ3n) is 6.76. The van der Waals surface area contributed by atoms with Crippen LogP contribution in [-0.2, 0) is 4.79 Å². The van der Waals surface area contributed by atoms with Crippen molar-refractivity contribution in [2.24, 2.45) is 11.8 Å². The van der Waals surface area contributed by atoms with E-state index in [0.717, 1.165) is 36.2 Å². The molecule has 0 spiro atoms. The minimum atomic E-state index is -0.816. The SMILES string of the molecule is COc1ccc2nccc(C(=O)CCC3CCN(CCSc4cc(F)ccn4)CC3CC(=O)O)c2c1. The molecule has 1 N–H and O–H groups in total. The third kappa shape index (κ3) is 6.79. The first-order valence-electron chi connectivity index (χ1n) is 12.1. The molecule has 0 aliphatic carbocycles. The molecule has 0 saturated carbocycles. The average Bonchev–Trinajstić information content (AvgIpc) is 2.87. The van der Waals surface area contributed by atoms with Gasteiger partial charge in [0.25, 0.3) is 0 Å². The molecule has 9 heteroatoms. The molecule has 7 nitrogen and oxygen atoms in total. The van der Waals surface area contributed by atoms with Crippen molar-refractivity contribution in [3.8, 4) is 5.75 Å². The molecule has 1 aromatic carbocycles. The first kappa shape index (κ1) is 26.0. The summed E-state index contributed by atoms with van der Waals surface area (Å²) in [5.74, 6) is 0.484. The number of thioether (sulfide) groups is 1. The van der Waals surface area contributed by atoms with Crippen LogP contribution in [0.25, 0.3) is 10.9 Å². The molecule has 1 aliphatic heterocycles. The normalized spacial score (nSPS) is 18.3. The summed E-state index contributed by atoms with van der Waals surface area (Å²) in [5, 5.41) is 10.9. The monoisotopic (exact) mass is 511 g/mol. The Bertz CT molecular complexity index is 1220. The topological polar surface area (TPSA) is 92.6 Å². The maximum absolute atomic E-state index is 13.4. The second-order valence-electron chi connectivity index (χ2n) is 9.07. The lowest BCUT2D eigenvalue weighted by Gasteiger charge is -2.38.